The Labute approximate surface area is 325 Å². The molecule has 5 aromatic heterocycles. The number of aromatic nitrogens is 6. The van der Waals surface area contributed by atoms with Gasteiger partial charge in [0.15, 0.2) is 5.82 Å². The fraction of sp³-hybridized carbons (Fsp3) is 0. The van der Waals surface area contributed by atoms with Crippen molar-refractivity contribution in [1.82, 2.24) is 28.5 Å². The van der Waals surface area contributed by atoms with Crippen molar-refractivity contribution in [3.05, 3.63) is 182 Å². The van der Waals surface area contributed by atoms with Gasteiger partial charge >= 0.3 is 0 Å². The van der Waals surface area contributed by atoms with Crippen LogP contribution in [-0.4, -0.2) is 28.5 Å². The number of hydrogen-bond acceptors (Lipinski definition) is 3. The lowest BCUT2D eigenvalue weighted by molar-refractivity contribution is 0.893. The lowest BCUT2D eigenvalue weighted by atomic mass is 10.0. The van der Waals surface area contributed by atoms with Crippen LogP contribution in [0, 0.1) is 0 Å². The molecule has 264 valence electrons. The summed E-state index contributed by atoms with van der Waals surface area (Å²) in [5, 5.41) is 9.40. The minimum atomic E-state index is 0.564. The molecule has 0 aliphatic carbocycles. The van der Waals surface area contributed by atoms with Crippen LogP contribution in [0.5, 0.6) is 0 Å². The van der Waals surface area contributed by atoms with E-state index in [0.29, 0.717) is 17.7 Å². The Bertz CT molecular complexity index is 3700. The number of fused-ring (bicyclic) bond motifs is 12. The fourth-order valence-corrected chi connectivity index (χ4v) is 9.48. The van der Waals surface area contributed by atoms with Gasteiger partial charge in [0.05, 0.1) is 38.6 Å². The van der Waals surface area contributed by atoms with Gasteiger partial charge in [0.25, 0.3) is 0 Å². The third-order valence-electron chi connectivity index (χ3n) is 11.9. The van der Waals surface area contributed by atoms with Crippen LogP contribution in [0.4, 0.5) is 0 Å². The molecule has 5 heterocycles. The van der Waals surface area contributed by atoms with Crippen molar-refractivity contribution in [2.24, 2.45) is 0 Å². The third-order valence-corrected chi connectivity index (χ3v) is 11.9. The molecule has 13 rings (SSSR count). The van der Waals surface area contributed by atoms with E-state index in [9.17, 15) is 0 Å². The van der Waals surface area contributed by atoms with Crippen LogP contribution >= 0.6 is 0 Å². The summed E-state index contributed by atoms with van der Waals surface area (Å²) < 4.78 is 6.82. The average Bonchev–Trinajstić information content (AvgIpc) is 4.01. The van der Waals surface area contributed by atoms with Crippen LogP contribution in [-0.2, 0) is 0 Å². The van der Waals surface area contributed by atoms with E-state index in [2.05, 4.69) is 196 Å². The number of hydrogen-bond donors (Lipinski definition) is 0. The molecule has 57 heavy (non-hydrogen) atoms. The number of para-hydroxylation sites is 5. The van der Waals surface area contributed by atoms with Gasteiger partial charge < -0.3 is 4.40 Å². The zero-order valence-electron chi connectivity index (χ0n) is 30.5. The smallest absolute Gasteiger partial charge is 0.240 e. The number of rotatable bonds is 4. The molecule has 0 radical (unpaired) electrons. The van der Waals surface area contributed by atoms with E-state index in [-0.39, 0.29) is 0 Å². The first-order valence-electron chi connectivity index (χ1n) is 19.3. The van der Waals surface area contributed by atoms with Gasteiger partial charge in [-0.2, -0.15) is 15.0 Å². The van der Waals surface area contributed by atoms with Gasteiger partial charge in [-0.1, -0.05) is 140 Å². The molecule has 0 fully saturated rings. The van der Waals surface area contributed by atoms with Crippen LogP contribution in [0.2, 0.25) is 0 Å². The maximum atomic E-state index is 5.47. The van der Waals surface area contributed by atoms with E-state index in [1.165, 1.54) is 38.3 Å². The molecule has 0 amide bonds. The molecule has 0 saturated carbocycles. The molecule has 0 aliphatic heterocycles. The van der Waals surface area contributed by atoms with Crippen molar-refractivity contribution in [2.45, 2.75) is 0 Å². The van der Waals surface area contributed by atoms with E-state index in [1.54, 1.807) is 0 Å². The molecule has 0 unspecified atom stereocenters. The second-order valence-electron chi connectivity index (χ2n) is 14.8. The Morgan fingerprint density at radius 1 is 0.316 bits per heavy atom. The highest BCUT2D eigenvalue weighted by atomic mass is 15.3. The summed E-state index contributed by atoms with van der Waals surface area (Å²) in [6.07, 6.45) is 0. The summed E-state index contributed by atoms with van der Waals surface area (Å²) in [7, 11) is 0. The molecule has 0 bridgehead atoms. The molecule has 0 aliphatic rings. The normalized spacial score (nSPS) is 12.2. The predicted molar refractivity (Wildman–Crippen MR) is 234 cm³/mol. The first-order valence-corrected chi connectivity index (χ1v) is 19.3. The summed E-state index contributed by atoms with van der Waals surface area (Å²) >= 11 is 0. The number of nitrogens with zero attached hydrogens (tertiary/aromatic N) is 6. The predicted octanol–water partition coefficient (Wildman–Crippen LogP) is 12.5. The molecule has 6 heteroatoms. The highest BCUT2D eigenvalue weighted by Crippen LogP contribution is 2.43. The molecular weight excluding hydrogens is 697 g/mol. The molecular formula is C51H30N6. The third kappa shape index (κ3) is 4.16. The Hall–Kier alpha value is -7.83. The van der Waals surface area contributed by atoms with Crippen LogP contribution in [0.3, 0.4) is 0 Å². The van der Waals surface area contributed by atoms with E-state index in [1.807, 2.05) is 0 Å². The quantitative estimate of drug-likeness (QED) is 0.181. The summed E-state index contributed by atoms with van der Waals surface area (Å²) in [5.41, 5.74) is 11.0. The average molecular weight is 727 g/mol. The van der Waals surface area contributed by atoms with Crippen LogP contribution in [0.1, 0.15) is 0 Å². The van der Waals surface area contributed by atoms with Gasteiger partial charge in [-0.3, -0.25) is 9.13 Å². The lowest BCUT2D eigenvalue weighted by Gasteiger charge is -2.13. The molecule has 13 aromatic rings. The van der Waals surface area contributed by atoms with Crippen molar-refractivity contribution < 1.29 is 0 Å². The highest BCUT2D eigenvalue weighted by Gasteiger charge is 2.24. The van der Waals surface area contributed by atoms with Gasteiger partial charge in [0.1, 0.15) is 0 Å². The van der Waals surface area contributed by atoms with Crippen molar-refractivity contribution in [2.75, 3.05) is 0 Å². The van der Waals surface area contributed by atoms with Crippen molar-refractivity contribution in [3.8, 4) is 34.4 Å². The monoisotopic (exact) mass is 726 g/mol. The highest BCUT2D eigenvalue weighted by molar-refractivity contribution is 6.25. The van der Waals surface area contributed by atoms with E-state index in [0.717, 1.165) is 60.1 Å². The van der Waals surface area contributed by atoms with Gasteiger partial charge in [-0.05, 0) is 53.6 Å². The summed E-state index contributed by atoms with van der Waals surface area (Å²) in [6.45, 7) is 0. The van der Waals surface area contributed by atoms with Crippen molar-refractivity contribution in [1.29, 1.82) is 0 Å². The zero-order chi connectivity index (χ0) is 37.2. The summed E-state index contributed by atoms with van der Waals surface area (Å²) in [4.78, 5) is 16.3. The SMILES string of the molecule is c1ccc(-c2ccc3c(c2)c2ccccc2n3-c2nc(-c3cccc4c3c3cccc5c6ccccc6n4c53)nc(-n3c4ccccc4c4ccccc43)n2)cc1. The number of benzene rings is 8. The van der Waals surface area contributed by atoms with E-state index in [4.69, 9.17) is 15.0 Å². The maximum absolute atomic E-state index is 5.47. The van der Waals surface area contributed by atoms with Gasteiger partial charge in [0.2, 0.25) is 11.9 Å². The van der Waals surface area contributed by atoms with E-state index < -0.39 is 0 Å². The Morgan fingerprint density at radius 3 is 1.47 bits per heavy atom. The largest absolute Gasteiger partial charge is 0.308 e. The minimum Gasteiger partial charge on any atom is -0.308 e. The van der Waals surface area contributed by atoms with Gasteiger partial charge in [-0.25, -0.2) is 0 Å². The molecule has 0 saturated heterocycles. The van der Waals surface area contributed by atoms with Crippen LogP contribution < -0.4 is 0 Å². The molecule has 0 spiro atoms. The molecule has 8 aromatic carbocycles. The van der Waals surface area contributed by atoms with Crippen molar-refractivity contribution in [3.63, 3.8) is 0 Å². The fourth-order valence-electron chi connectivity index (χ4n) is 9.48. The molecule has 0 N–H and O–H groups in total. The lowest BCUT2D eigenvalue weighted by Crippen LogP contribution is -2.10. The zero-order valence-corrected chi connectivity index (χ0v) is 30.5. The molecule has 0 atom stereocenters. The van der Waals surface area contributed by atoms with E-state index >= 15 is 0 Å². The maximum Gasteiger partial charge on any atom is 0.240 e. The van der Waals surface area contributed by atoms with Crippen molar-refractivity contribution >= 4 is 81.7 Å². The summed E-state index contributed by atoms with van der Waals surface area (Å²) in [6, 6.07) is 64.7. The second kappa shape index (κ2) is 11.4. The van der Waals surface area contributed by atoms with Gasteiger partial charge in [0, 0.05) is 48.7 Å². The Kier molecular flexibility index (Phi) is 6.07. The first-order chi connectivity index (χ1) is 28.3. The second-order valence-corrected chi connectivity index (χ2v) is 14.8. The van der Waals surface area contributed by atoms with Crippen LogP contribution in [0.15, 0.2) is 182 Å². The first kappa shape index (κ1) is 30.5. The van der Waals surface area contributed by atoms with Gasteiger partial charge in [-0.15, -0.1) is 0 Å². The topological polar surface area (TPSA) is 52.9 Å². The van der Waals surface area contributed by atoms with Crippen LogP contribution in [0.25, 0.3) is 116 Å². The minimum absolute atomic E-state index is 0.564. The standard InChI is InChI=1S/C51H30N6/c1-2-14-31(15-3-1)32-28-29-45-40(30-32)36-19-7-11-26-44(36)57(45)51-53-49(52-50(54-51)56-42-24-9-4-16-33(42)34-17-5-10-25-43(34)56)39-22-13-27-46-47(39)38-21-12-20-37-35-18-6-8-23-41(35)55(46)48(37)38/h1-30H. The Morgan fingerprint density at radius 2 is 0.807 bits per heavy atom. The summed E-state index contributed by atoms with van der Waals surface area (Å²) in [5.74, 6) is 1.75. The molecule has 6 nitrogen and oxygen atoms in total. The Balaban J connectivity index is 1.16.